The molecule has 6 heteroatoms. The van der Waals surface area contributed by atoms with Gasteiger partial charge < -0.3 is 0 Å². The molecule has 0 spiro atoms. The first-order valence-electron chi connectivity index (χ1n) is 4.12. The third-order valence-electron chi connectivity index (χ3n) is 1.78. The van der Waals surface area contributed by atoms with Gasteiger partial charge in [0.15, 0.2) is 6.19 Å². The minimum atomic E-state index is -0.489. The Balaban J connectivity index is 2.90. The Morgan fingerprint density at radius 2 is 2.40 bits per heavy atom. The summed E-state index contributed by atoms with van der Waals surface area (Å²) in [5.74, 6) is -0.489. The van der Waals surface area contributed by atoms with Gasteiger partial charge in [-0.1, -0.05) is 11.6 Å². The largest absolute Gasteiger partial charge is 0.269 e. The number of halogens is 1. The smallest absolute Gasteiger partial charge is 0.256 e. The van der Waals surface area contributed by atoms with Crippen LogP contribution in [0.4, 0.5) is 0 Å². The molecule has 0 unspecified atom stereocenters. The molecule has 1 N–H and O–H groups in total. The van der Waals surface area contributed by atoms with E-state index in [4.69, 9.17) is 16.9 Å². The standard InChI is InChI=1S/C9H9ClN4O/c1-6-7(9(10)14(2)13-6)3-4-8(15)12-5-11/h3-4H,1-2H3,(H,12,15). The lowest BCUT2D eigenvalue weighted by Crippen LogP contribution is -2.13. The first-order valence-corrected chi connectivity index (χ1v) is 4.50. The van der Waals surface area contributed by atoms with Gasteiger partial charge in [0, 0.05) is 18.7 Å². The molecule has 1 rings (SSSR count). The van der Waals surface area contributed by atoms with Crippen LogP contribution >= 0.6 is 11.6 Å². The maximum atomic E-state index is 11.0. The molecule has 0 aliphatic carbocycles. The second-order valence-electron chi connectivity index (χ2n) is 2.85. The van der Waals surface area contributed by atoms with Crippen molar-refractivity contribution in [3.8, 4) is 6.19 Å². The predicted molar refractivity (Wildman–Crippen MR) is 55.7 cm³/mol. The highest BCUT2D eigenvalue weighted by atomic mass is 35.5. The van der Waals surface area contributed by atoms with Gasteiger partial charge in [0.25, 0.3) is 5.91 Å². The van der Waals surface area contributed by atoms with E-state index in [-0.39, 0.29) is 0 Å². The first-order chi connectivity index (χ1) is 7.06. The molecule has 0 aliphatic heterocycles. The van der Waals surface area contributed by atoms with E-state index in [9.17, 15) is 4.79 Å². The van der Waals surface area contributed by atoms with E-state index in [1.54, 1.807) is 14.0 Å². The normalized spacial score (nSPS) is 10.3. The zero-order chi connectivity index (χ0) is 11.4. The van der Waals surface area contributed by atoms with Crippen molar-refractivity contribution in [2.45, 2.75) is 6.92 Å². The van der Waals surface area contributed by atoms with Crippen molar-refractivity contribution in [1.29, 1.82) is 5.26 Å². The maximum Gasteiger partial charge on any atom is 0.256 e. The number of nitrogens with zero attached hydrogens (tertiary/aromatic N) is 3. The molecule has 0 aliphatic rings. The number of nitrogens with one attached hydrogen (secondary N) is 1. The number of nitriles is 1. The number of aryl methyl sites for hydroxylation is 2. The van der Waals surface area contributed by atoms with Gasteiger partial charge in [0.05, 0.1) is 5.69 Å². The zero-order valence-electron chi connectivity index (χ0n) is 8.28. The van der Waals surface area contributed by atoms with Crippen molar-refractivity contribution in [2.24, 2.45) is 7.05 Å². The molecule has 0 bridgehead atoms. The third kappa shape index (κ3) is 2.58. The van der Waals surface area contributed by atoms with Crippen molar-refractivity contribution in [1.82, 2.24) is 15.1 Å². The van der Waals surface area contributed by atoms with Crippen LogP contribution in [-0.2, 0) is 11.8 Å². The second kappa shape index (κ2) is 4.62. The van der Waals surface area contributed by atoms with E-state index in [1.165, 1.54) is 23.0 Å². The first kappa shape index (κ1) is 11.3. The van der Waals surface area contributed by atoms with Gasteiger partial charge in [-0.2, -0.15) is 10.4 Å². The van der Waals surface area contributed by atoms with E-state index in [0.29, 0.717) is 10.7 Å². The zero-order valence-corrected chi connectivity index (χ0v) is 9.04. The molecule has 78 valence electrons. The summed E-state index contributed by atoms with van der Waals surface area (Å²) in [7, 11) is 1.71. The average molecular weight is 225 g/mol. The Kier molecular flexibility index (Phi) is 3.47. The quantitative estimate of drug-likeness (QED) is 0.463. The summed E-state index contributed by atoms with van der Waals surface area (Å²) in [6.07, 6.45) is 4.29. The van der Waals surface area contributed by atoms with E-state index < -0.39 is 5.91 Å². The fourth-order valence-corrected chi connectivity index (χ4v) is 1.33. The van der Waals surface area contributed by atoms with Gasteiger partial charge in [-0.15, -0.1) is 0 Å². The molecular weight excluding hydrogens is 216 g/mol. The van der Waals surface area contributed by atoms with Crippen molar-refractivity contribution in [2.75, 3.05) is 0 Å². The Bertz CT molecular complexity index is 455. The Labute approximate surface area is 91.9 Å². The molecule has 0 radical (unpaired) electrons. The van der Waals surface area contributed by atoms with Gasteiger partial charge in [-0.3, -0.25) is 14.8 Å². The third-order valence-corrected chi connectivity index (χ3v) is 2.22. The highest BCUT2D eigenvalue weighted by Crippen LogP contribution is 2.19. The van der Waals surface area contributed by atoms with Gasteiger partial charge in [0.1, 0.15) is 5.15 Å². The van der Waals surface area contributed by atoms with Crippen molar-refractivity contribution >= 4 is 23.6 Å². The molecule has 1 aromatic rings. The summed E-state index contributed by atoms with van der Waals surface area (Å²) in [6, 6.07) is 0. The SMILES string of the molecule is Cc1nn(C)c(Cl)c1C=CC(=O)NC#N. The van der Waals surface area contributed by atoms with Gasteiger partial charge in [0.2, 0.25) is 0 Å². The van der Waals surface area contributed by atoms with Crippen LogP contribution in [0.25, 0.3) is 6.08 Å². The van der Waals surface area contributed by atoms with Crippen LogP contribution in [0.3, 0.4) is 0 Å². The van der Waals surface area contributed by atoms with Crippen LogP contribution in [0.1, 0.15) is 11.3 Å². The number of hydrogen-bond donors (Lipinski definition) is 1. The van der Waals surface area contributed by atoms with Crippen LogP contribution in [0.5, 0.6) is 0 Å². The van der Waals surface area contributed by atoms with Crippen LogP contribution in [0, 0.1) is 18.4 Å². The summed E-state index contributed by atoms with van der Waals surface area (Å²) in [6.45, 7) is 1.79. The average Bonchev–Trinajstić information content (AvgIpc) is 2.40. The fraction of sp³-hybridized carbons (Fsp3) is 0.222. The number of hydrogen-bond acceptors (Lipinski definition) is 3. The van der Waals surface area contributed by atoms with Gasteiger partial charge >= 0.3 is 0 Å². The molecule has 1 heterocycles. The monoisotopic (exact) mass is 224 g/mol. The van der Waals surface area contributed by atoms with Crippen molar-refractivity contribution < 1.29 is 4.79 Å². The molecule has 1 amide bonds. The van der Waals surface area contributed by atoms with Gasteiger partial charge in [-0.25, -0.2) is 0 Å². The molecule has 5 nitrogen and oxygen atoms in total. The minimum absolute atomic E-state index is 0.452. The van der Waals surface area contributed by atoms with E-state index >= 15 is 0 Å². The van der Waals surface area contributed by atoms with E-state index in [0.717, 1.165) is 5.69 Å². The lowest BCUT2D eigenvalue weighted by atomic mass is 10.2. The lowest BCUT2D eigenvalue weighted by Gasteiger charge is -1.91. The Hall–Kier alpha value is -1.80. The molecule has 15 heavy (non-hydrogen) atoms. The summed E-state index contributed by atoms with van der Waals surface area (Å²) in [4.78, 5) is 11.0. The number of carbonyl (C=O) groups excluding carboxylic acids is 1. The van der Waals surface area contributed by atoms with Crippen molar-refractivity contribution in [3.05, 3.63) is 22.5 Å². The molecule has 0 saturated heterocycles. The van der Waals surface area contributed by atoms with Crippen LogP contribution in [0.15, 0.2) is 6.08 Å². The number of carbonyl (C=O) groups is 1. The second-order valence-corrected chi connectivity index (χ2v) is 3.21. The predicted octanol–water partition coefficient (Wildman–Crippen LogP) is 0.992. The summed E-state index contributed by atoms with van der Waals surface area (Å²) >= 11 is 5.93. The highest BCUT2D eigenvalue weighted by Gasteiger charge is 2.07. The molecule has 0 saturated carbocycles. The maximum absolute atomic E-state index is 11.0. The topological polar surface area (TPSA) is 70.7 Å². The lowest BCUT2D eigenvalue weighted by molar-refractivity contribution is -0.115. The van der Waals surface area contributed by atoms with Crippen LogP contribution in [0.2, 0.25) is 5.15 Å². The number of aromatic nitrogens is 2. The number of amides is 1. The summed E-state index contributed by atoms with van der Waals surface area (Å²) < 4.78 is 1.51. The van der Waals surface area contributed by atoms with Crippen LogP contribution < -0.4 is 5.32 Å². The summed E-state index contributed by atoms with van der Waals surface area (Å²) in [5.41, 5.74) is 1.40. The van der Waals surface area contributed by atoms with E-state index in [2.05, 4.69) is 5.10 Å². The summed E-state index contributed by atoms with van der Waals surface area (Å²) in [5, 5.41) is 14.7. The molecule has 0 fully saturated rings. The molecule has 0 aromatic carbocycles. The minimum Gasteiger partial charge on any atom is -0.269 e. The van der Waals surface area contributed by atoms with Gasteiger partial charge in [-0.05, 0) is 13.0 Å². The van der Waals surface area contributed by atoms with E-state index in [1.807, 2.05) is 5.32 Å². The molecule has 0 atom stereocenters. The van der Waals surface area contributed by atoms with Crippen LogP contribution in [-0.4, -0.2) is 15.7 Å². The Morgan fingerprint density at radius 1 is 1.73 bits per heavy atom. The fourth-order valence-electron chi connectivity index (χ4n) is 1.09. The number of rotatable bonds is 2. The molecular formula is C9H9ClN4O. The highest BCUT2D eigenvalue weighted by molar-refractivity contribution is 6.31. The Morgan fingerprint density at radius 3 is 2.87 bits per heavy atom. The van der Waals surface area contributed by atoms with Crippen molar-refractivity contribution in [3.63, 3.8) is 0 Å². The molecule has 1 aromatic heterocycles.